The van der Waals surface area contributed by atoms with Crippen molar-refractivity contribution in [3.63, 3.8) is 0 Å². The molecular formula is C25H36ClF2N7O8S2. The zero-order valence-corrected chi connectivity index (χ0v) is 26.1. The van der Waals surface area contributed by atoms with Crippen LogP contribution in [0, 0.1) is 11.6 Å². The molecule has 2 aromatic rings. The standard InChI is InChI=1S/C25H36ClF2N7O8S2/c1-9(38)20(35(32)5-14(30)15-8-45-24(31)34-15)22(40)17(7-37)43-25(44)23(41)19(21(39)16(6-36)42-25)33-4-13(29)10-2-11(27)18(26)12(28)3-10/h2-5,8-9,16-17,19-23,33,36-41,44H,6-7,29-30,32H2,1H3,(H2,31,34)/b13-4-,14-5-. The number of benzene rings is 1. The molecule has 1 aromatic heterocycles. The minimum absolute atomic E-state index is 0.0339. The van der Waals surface area contributed by atoms with Crippen LogP contribution in [-0.2, 0) is 9.47 Å². The Hall–Kier alpha value is -2.53. The molecule has 1 saturated heterocycles. The van der Waals surface area contributed by atoms with Gasteiger partial charge in [-0.2, -0.15) is 0 Å². The lowest BCUT2D eigenvalue weighted by Gasteiger charge is -2.49. The highest BCUT2D eigenvalue weighted by atomic mass is 35.5. The first-order valence-electron chi connectivity index (χ1n) is 13.1. The molecule has 0 bridgehead atoms. The molecule has 9 unspecified atom stereocenters. The lowest BCUT2D eigenvalue weighted by molar-refractivity contribution is -0.322. The van der Waals surface area contributed by atoms with Crippen molar-refractivity contribution in [2.45, 2.75) is 60.8 Å². The fourth-order valence-electron chi connectivity index (χ4n) is 4.52. The van der Waals surface area contributed by atoms with Gasteiger partial charge >= 0.3 is 0 Å². The van der Waals surface area contributed by atoms with Crippen molar-refractivity contribution in [3.05, 3.63) is 57.8 Å². The predicted octanol–water partition coefficient (Wildman–Crippen LogP) is -1.81. The summed E-state index contributed by atoms with van der Waals surface area (Å²) in [6.07, 6.45) is -7.65. The summed E-state index contributed by atoms with van der Waals surface area (Å²) >= 11 is 10.9. The van der Waals surface area contributed by atoms with Crippen molar-refractivity contribution in [2.75, 3.05) is 18.9 Å². The van der Waals surface area contributed by atoms with Crippen molar-refractivity contribution < 1.29 is 48.9 Å². The second kappa shape index (κ2) is 15.4. The third-order valence-corrected chi connectivity index (χ3v) is 8.40. The van der Waals surface area contributed by atoms with E-state index in [1.165, 1.54) is 13.1 Å². The topological polar surface area (TPSA) is 272 Å². The molecule has 1 aromatic carbocycles. The second-order valence-corrected chi connectivity index (χ2v) is 12.0. The Balaban J connectivity index is 1.85. The van der Waals surface area contributed by atoms with E-state index in [2.05, 4.69) is 22.9 Å². The molecule has 45 heavy (non-hydrogen) atoms. The van der Waals surface area contributed by atoms with Crippen LogP contribution in [0.25, 0.3) is 11.4 Å². The largest absolute Gasteiger partial charge is 0.397 e. The van der Waals surface area contributed by atoms with E-state index < -0.39 is 83.7 Å². The first-order valence-corrected chi connectivity index (χ1v) is 14.8. The first kappa shape index (κ1) is 36.9. The van der Waals surface area contributed by atoms with Crippen molar-refractivity contribution in [1.82, 2.24) is 15.3 Å². The number of nitrogens with one attached hydrogen (secondary N) is 1. The zero-order valence-electron chi connectivity index (χ0n) is 23.6. The Labute approximate surface area is 270 Å². The van der Waals surface area contributed by atoms with Gasteiger partial charge in [-0.1, -0.05) is 11.6 Å². The summed E-state index contributed by atoms with van der Waals surface area (Å²) in [4.78, 5) is 4.02. The average Bonchev–Trinajstić information content (AvgIpc) is 3.42. The van der Waals surface area contributed by atoms with E-state index in [-0.39, 0.29) is 27.8 Å². The summed E-state index contributed by atoms with van der Waals surface area (Å²) < 4.78 is 39.1. The fourth-order valence-corrected chi connectivity index (χ4v) is 5.63. The molecule has 1 fully saturated rings. The minimum Gasteiger partial charge on any atom is -0.397 e. The van der Waals surface area contributed by atoms with Gasteiger partial charge in [-0.3, -0.25) is 0 Å². The molecule has 2 heterocycles. The maximum atomic E-state index is 13.9. The average molecular weight is 700 g/mol. The summed E-state index contributed by atoms with van der Waals surface area (Å²) in [6, 6.07) is -1.12. The lowest BCUT2D eigenvalue weighted by Crippen LogP contribution is -2.69. The van der Waals surface area contributed by atoms with Gasteiger partial charge in [-0.25, -0.2) is 19.6 Å². The summed E-state index contributed by atoms with van der Waals surface area (Å²) in [5.41, 5.74) is 17.5. The fraction of sp³-hybridized carbons (Fsp3) is 0.480. The van der Waals surface area contributed by atoms with Crippen LogP contribution in [0.5, 0.6) is 0 Å². The molecule has 15 nitrogen and oxygen atoms in total. The van der Waals surface area contributed by atoms with Crippen LogP contribution in [0.2, 0.25) is 5.02 Å². The quantitative estimate of drug-likeness (QED) is 0.0361. The highest BCUT2D eigenvalue weighted by Gasteiger charge is 2.55. The number of halogens is 3. The minimum atomic E-state index is -2.44. The summed E-state index contributed by atoms with van der Waals surface area (Å²) in [7, 11) is 0. The number of rotatable bonds is 13. The number of aliphatic hydroxyl groups is 6. The normalized spacial score (nSPS) is 27.1. The molecule has 0 aliphatic carbocycles. The molecule has 252 valence electrons. The number of thiol groups is 1. The van der Waals surface area contributed by atoms with Gasteiger partial charge in [0, 0.05) is 23.3 Å². The summed E-state index contributed by atoms with van der Waals surface area (Å²) in [5.74, 6) is 3.93. The van der Waals surface area contributed by atoms with Gasteiger partial charge < -0.3 is 67.6 Å². The van der Waals surface area contributed by atoms with E-state index in [9.17, 15) is 39.4 Å². The van der Waals surface area contributed by atoms with Crippen LogP contribution in [0.1, 0.15) is 18.2 Å². The van der Waals surface area contributed by atoms with E-state index in [1.54, 1.807) is 5.38 Å². The third-order valence-electron chi connectivity index (χ3n) is 6.89. The number of hydrogen-bond donors (Lipinski definition) is 12. The van der Waals surface area contributed by atoms with Crippen LogP contribution in [0.3, 0.4) is 0 Å². The van der Waals surface area contributed by atoms with Crippen molar-refractivity contribution >= 4 is 52.1 Å². The Morgan fingerprint density at radius 3 is 2.40 bits per heavy atom. The molecule has 0 amide bonds. The predicted molar refractivity (Wildman–Crippen MR) is 164 cm³/mol. The molecule has 0 saturated carbocycles. The first-order chi connectivity index (χ1) is 21.0. The number of ether oxygens (including phenoxy) is 2. The van der Waals surface area contributed by atoms with Gasteiger partial charge in [-0.15, -0.1) is 24.0 Å². The Morgan fingerprint density at radius 1 is 1.27 bits per heavy atom. The molecular weight excluding hydrogens is 664 g/mol. The van der Waals surface area contributed by atoms with Crippen molar-refractivity contribution in [1.29, 1.82) is 0 Å². The maximum absolute atomic E-state index is 13.9. The van der Waals surface area contributed by atoms with Crippen molar-refractivity contribution in [3.8, 4) is 0 Å². The Morgan fingerprint density at radius 2 is 1.89 bits per heavy atom. The molecule has 1 aliphatic heterocycles. The van der Waals surface area contributed by atoms with Gasteiger partial charge in [-0.05, 0) is 19.1 Å². The Kier molecular flexibility index (Phi) is 12.6. The zero-order chi connectivity index (χ0) is 33.8. The molecule has 15 N–H and O–H groups in total. The van der Waals surface area contributed by atoms with Gasteiger partial charge in [0.15, 0.2) is 5.13 Å². The van der Waals surface area contributed by atoms with Gasteiger partial charge in [0.1, 0.15) is 52.9 Å². The molecule has 20 heteroatoms. The molecule has 1 aliphatic rings. The summed E-state index contributed by atoms with van der Waals surface area (Å²) in [6.45, 7) is -0.443. The summed E-state index contributed by atoms with van der Waals surface area (Å²) in [5, 5.41) is 65.7. The number of anilines is 1. The second-order valence-electron chi connectivity index (χ2n) is 10.1. The molecule has 0 radical (unpaired) electrons. The van der Waals surface area contributed by atoms with E-state index >= 15 is 0 Å². The van der Waals surface area contributed by atoms with Gasteiger partial charge in [0.25, 0.3) is 0 Å². The van der Waals surface area contributed by atoms with E-state index in [4.69, 9.17) is 44.1 Å². The monoisotopic (exact) mass is 699 g/mol. The van der Waals surface area contributed by atoms with Crippen LogP contribution in [-0.4, -0.2) is 108 Å². The number of thiazole rings is 1. The highest BCUT2D eigenvalue weighted by molar-refractivity contribution is 7.81. The molecule has 3 rings (SSSR count). The maximum Gasteiger partial charge on any atom is 0.245 e. The van der Waals surface area contributed by atoms with E-state index in [1.807, 2.05) is 0 Å². The Bertz CT molecular complexity index is 1360. The lowest BCUT2D eigenvalue weighted by atomic mass is 9.95. The number of nitrogens with two attached hydrogens (primary N) is 4. The van der Waals surface area contributed by atoms with Gasteiger partial charge in [0.2, 0.25) is 5.12 Å². The molecule has 0 spiro atoms. The SMILES string of the molecule is CC(O)C(C(O)C(CO)OC1(S)OC(CO)C(O)C(N/C=C(\N)c2cc(F)c(Cl)c(F)c2)C1O)N(N)/C=C(\N)c1csc(N)n1. The molecule has 9 atom stereocenters. The van der Waals surface area contributed by atoms with Crippen LogP contribution < -0.4 is 28.4 Å². The van der Waals surface area contributed by atoms with Crippen LogP contribution in [0.15, 0.2) is 29.9 Å². The van der Waals surface area contributed by atoms with E-state index in [0.717, 1.165) is 34.7 Å². The number of hydrazine groups is 1. The number of nitrogen functional groups attached to an aromatic ring is 1. The van der Waals surface area contributed by atoms with Crippen LogP contribution >= 0.6 is 35.6 Å². The third kappa shape index (κ3) is 8.44. The van der Waals surface area contributed by atoms with Crippen molar-refractivity contribution in [2.24, 2.45) is 17.3 Å². The van der Waals surface area contributed by atoms with Gasteiger partial charge in [0.05, 0.1) is 42.8 Å². The van der Waals surface area contributed by atoms with E-state index in [0.29, 0.717) is 0 Å². The number of aromatic nitrogens is 1. The number of nitrogens with zero attached hydrogens (tertiary/aromatic N) is 2. The smallest absolute Gasteiger partial charge is 0.245 e. The van der Waals surface area contributed by atoms with Crippen LogP contribution in [0.4, 0.5) is 13.9 Å². The number of hydrogen-bond acceptors (Lipinski definition) is 17. The highest BCUT2D eigenvalue weighted by Crippen LogP contribution is 2.36. The number of aliphatic hydroxyl groups excluding tert-OH is 6.